The highest BCUT2D eigenvalue weighted by molar-refractivity contribution is 8.00. The molecule has 1 aliphatic rings. The predicted molar refractivity (Wildman–Crippen MR) is 74.5 cm³/mol. The fourth-order valence-corrected chi connectivity index (χ4v) is 4.56. The van der Waals surface area contributed by atoms with Crippen LogP contribution < -0.4 is 5.32 Å². The molecule has 0 aromatic carbocycles. The van der Waals surface area contributed by atoms with Crippen LogP contribution in [0, 0.1) is 0 Å². The normalized spacial score (nSPS) is 21.3. The summed E-state index contributed by atoms with van der Waals surface area (Å²) in [5.74, 6) is -0.335. The molecule has 1 fully saturated rings. The van der Waals surface area contributed by atoms with Gasteiger partial charge in [-0.25, -0.2) is 18.0 Å². The van der Waals surface area contributed by atoms with E-state index in [1.807, 2.05) is 0 Å². The summed E-state index contributed by atoms with van der Waals surface area (Å²) < 4.78 is 28.1. The molecule has 0 spiro atoms. The number of thioether (sulfide) groups is 1. The number of nitrogens with zero attached hydrogens (tertiary/aromatic N) is 1. The molecule has 10 heteroatoms. The first-order valence-electron chi connectivity index (χ1n) is 5.83. The number of methoxy groups -OCH3 is 1. The highest BCUT2D eigenvalue weighted by Crippen LogP contribution is 2.20. The average molecular weight is 326 g/mol. The van der Waals surface area contributed by atoms with Crippen molar-refractivity contribution >= 4 is 33.6 Å². The number of aliphatic carboxylic acids is 1. The third-order valence-corrected chi connectivity index (χ3v) is 5.41. The SMILES string of the molecule is COCC(NC(=O)N1CCSCC1S(C)(=O)=O)C(=O)O. The molecule has 2 amide bonds. The van der Waals surface area contributed by atoms with Gasteiger partial charge in [-0.3, -0.25) is 0 Å². The number of hydrogen-bond donors (Lipinski definition) is 2. The fourth-order valence-electron chi connectivity index (χ4n) is 1.74. The molecule has 1 aliphatic heterocycles. The van der Waals surface area contributed by atoms with E-state index in [9.17, 15) is 18.0 Å². The molecule has 0 aromatic heterocycles. The average Bonchev–Trinajstić information content (AvgIpc) is 2.37. The Bertz CT molecular complexity index is 466. The molecule has 0 saturated carbocycles. The number of hydrogen-bond acceptors (Lipinski definition) is 6. The van der Waals surface area contributed by atoms with Gasteiger partial charge in [-0.15, -0.1) is 0 Å². The minimum Gasteiger partial charge on any atom is -0.480 e. The number of ether oxygens (including phenoxy) is 1. The highest BCUT2D eigenvalue weighted by Gasteiger charge is 2.35. The first kappa shape index (κ1) is 17.1. The molecule has 0 bridgehead atoms. The summed E-state index contributed by atoms with van der Waals surface area (Å²) in [4.78, 5) is 24.2. The Kier molecular flexibility index (Phi) is 6.08. The summed E-state index contributed by atoms with van der Waals surface area (Å²) >= 11 is 1.44. The van der Waals surface area contributed by atoms with Crippen LogP contribution in [0.2, 0.25) is 0 Å². The van der Waals surface area contributed by atoms with Gasteiger partial charge >= 0.3 is 12.0 Å². The van der Waals surface area contributed by atoms with E-state index in [4.69, 9.17) is 9.84 Å². The second-order valence-corrected chi connectivity index (χ2v) is 7.70. The van der Waals surface area contributed by atoms with Crippen molar-refractivity contribution in [1.29, 1.82) is 0 Å². The number of carboxylic acids is 1. The molecule has 0 aliphatic carbocycles. The number of urea groups is 1. The quantitative estimate of drug-likeness (QED) is 0.681. The van der Waals surface area contributed by atoms with E-state index < -0.39 is 33.3 Å². The van der Waals surface area contributed by atoms with Gasteiger partial charge < -0.3 is 20.1 Å². The number of carboxylic acid groups (broad SMARTS) is 1. The zero-order valence-corrected chi connectivity index (χ0v) is 12.9. The van der Waals surface area contributed by atoms with Gasteiger partial charge in [0.2, 0.25) is 0 Å². The number of carbonyl (C=O) groups excluding carboxylic acids is 1. The molecule has 2 atom stereocenters. The van der Waals surface area contributed by atoms with Crippen molar-refractivity contribution in [3.05, 3.63) is 0 Å². The van der Waals surface area contributed by atoms with E-state index in [1.165, 1.54) is 18.9 Å². The minimum absolute atomic E-state index is 0.187. The summed E-state index contributed by atoms with van der Waals surface area (Å²) in [5.41, 5.74) is 0. The van der Waals surface area contributed by atoms with Crippen molar-refractivity contribution in [2.24, 2.45) is 0 Å². The third-order valence-electron chi connectivity index (χ3n) is 2.77. The lowest BCUT2D eigenvalue weighted by Crippen LogP contribution is -2.57. The van der Waals surface area contributed by atoms with Crippen LogP contribution in [-0.2, 0) is 19.4 Å². The monoisotopic (exact) mass is 326 g/mol. The van der Waals surface area contributed by atoms with E-state index in [1.54, 1.807) is 0 Å². The lowest BCUT2D eigenvalue weighted by Gasteiger charge is -2.34. The van der Waals surface area contributed by atoms with Crippen LogP contribution in [0.3, 0.4) is 0 Å². The van der Waals surface area contributed by atoms with E-state index in [0.29, 0.717) is 5.75 Å². The molecule has 0 aromatic rings. The van der Waals surface area contributed by atoms with E-state index >= 15 is 0 Å². The molecule has 1 saturated heterocycles. The highest BCUT2D eigenvalue weighted by atomic mass is 32.2. The van der Waals surface area contributed by atoms with Gasteiger partial charge in [-0.1, -0.05) is 0 Å². The van der Waals surface area contributed by atoms with Crippen LogP contribution in [-0.4, -0.2) is 79.9 Å². The van der Waals surface area contributed by atoms with E-state index in [0.717, 1.165) is 11.2 Å². The second-order valence-electron chi connectivity index (χ2n) is 4.35. The van der Waals surface area contributed by atoms with Gasteiger partial charge in [0.1, 0.15) is 5.37 Å². The summed E-state index contributed by atoms with van der Waals surface area (Å²) in [5, 5.41) is 10.3. The van der Waals surface area contributed by atoms with E-state index in [-0.39, 0.29) is 18.9 Å². The maximum Gasteiger partial charge on any atom is 0.328 e. The fraction of sp³-hybridized carbons (Fsp3) is 0.800. The van der Waals surface area contributed by atoms with Gasteiger partial charge in [0.15, 0.2) is 15.9 Å². The number of carbonyl (C=O) groups is 2. The summed E-state index contributed by atoms with van der Waals surface area (Å²) in [7, 11) is -2.10. The Morgan fingerprint density at radius 3 is 2.70 bits per heavy atom. The molecule has 0 radical (unpaired) electrons. The van der Waals surface area contributed by atoms with Gasteiger partial charge in [-0.05, 0) is 0 Å². The van der Waals surface area contributed by atoms with Crippen molar-refractivity contribution in [3.8, 4) is 0 Å². The van der Waals surface area contributed by atoms with Gasteiger partial charge in [-0.2, -0.15) is 11.8 Å². The standard InChI is InChI=1S/C10H18N2O6S2/c1-18-5-7(9(13)14)11-10(15)12-3-4-19-6-8(12)20(2,16)17/h7-8H,3-6H2,1-2H3,(H,11,15)(H,13,14). The summed E-state index contributed by atoms with van der Waals surface area (Å²) in [6, 6.07) is -1.91. The lowest BCUT2D eigenvalue weighted by molar-refractivity contribution is -0.140. The first-order chi connectivity index (χ1) is 9.27. The molecule has 1 rings (SSSR count). The largest absolute Gasteiger partial charge is 0.480 e. The van der Waals surface area contributed by atoms with E-state index in [2.05, 4.69) is 5.32 Å². The predicted octanol–water partition coefficient (Wildman–Crippen LogP) is -0.785. The molecular weight excluding hydrogens is 308 g/mol. The molecule has 2 unspecified atom stereocenters. The lowest BCUT2D eigenvalue weighted by atomic mass is 10.3. The van der Waals surface area contributed by atoms with Crippen LogP contribution in [0.4, 0.5) is 4.79 Å². The number of nitrogens with one attached hydrogen (secondary N) is 1. The number of sulfone groups is 1. The first-order valence-corrected chi connectivity index (χ1v) is 8.93. The second kappa shape index (κ2) is 7.14. The van der Waals surface area contributed by atoms with Crippen molar-refractivity contribution in [2.45, 2.75) is 11.4 Å². The number of amides is 2. The van der Waals surface area contributed by atoms with Gasteiger partial charge in [0.25, 0.3) is 0 Å². The topological polar surface area (TPSA) is 113 Å². The Morgan fingerprint density at radius 1 is 1.55 bits per heavy atom. The summed E-state index contributed by atoms with van der Waals surface area (Å²) in [6.45, 7) is 0.0702. The number of rotatable bonds is 5. The Hall–Kier alpha value is -1.00. The molecule has 116 valence electrons. The molecular formula is C10H18N2O6S2. The minimum atomic E-state index is -3.42. The molecule has 2 N–H and O–H groups in total. The summed E-state index contributed by atoms with van der Waals surface area (Å²) in [6.07, 6.45) is 1.06. The maximum atomic E-state index is 12.1. The van der Waals surface area contributed by atoms with Crippen LogP contribution in [0.1, 0.15) is 0 Å². The maximum absolute atomic E-state index is 12.1. The zero-order valence-electron chi connectivity index (χ0n) is 11.2. The van der Waals surface area contributed by atoms with Crippen molar-refractivity contribution in [3.63, 3.8) is 0 Å². The molecule has 1 heterocycles. The zero-order chi connectivity index (χ0) is 15.3. The third kappa shape index (κ3) is 4.53. The van der Waals surface area contributed by atoms with Crippen molar-refractivity contribution in [1.82, 2.24) is 10.2 Å². The van der Waals surface area contributed by atoms with Crippen LogP contribution in [0.5, 0.6) is 0 Å². The molecule has 20 heavy (non-hydrogen) atoms. The van der Waals surface area contributed by atoms with Crippen LogP contribution in [0.25, 0.3) is 0 Å². The Labute approximate surface area is 121 Å². The smallest absolute Gasteiger partial charge is 0.328 e. The Morgan fingerprint density at radius 2 is 2.20 bits per heavy atom. The van der Waals surface area contributed by atoms with Crippen LogP contribution in [0.15, 0.2) is 0 Å². The van der Waals surface area contributed by atoms with Gasteiger partial charge in [0.05, 0.1) is 6.61 Å². The molecule has 8 nitrogen and oxygen atoms in total. The van der Waals surface area contributed by atoms with Crippen LogP contribution >= 0.6 is 11.8 Å². The Balaban J connectivity index is 2.80. The van der Waals surface area contributed by atoms with Crippen molar-refractivity contribution < 1.29 is 27.9 Å². The van der Waals surface area contributed by atoms with Gasteiger partial charge in [0, 0.05) is 31.4 Å². The van der Waals surface area contributed by atoms with Crippen molar-refractivity contribution in [2.75, 3.05) is 38.0 Å².